The Morgan fingerprint density at radius 2 is 1.71 bits per heavy atom. The van der Waals surface area contributed by atoms with Crippen LogP contribution in [0.15, 0.2) is 0 Å². The first kappa shape index (κ1) is 13.3. The first-order chi connectivity index (χ1) is 8.09. The molecule has 1 aliphatic heterocycles. The molecule has 0 aromatic carbocycles. The SMILES string of the molecule is CC1CCCCC1NS(=O)(=O)C1CCNCC1. The molecular formula is C12H24N2O2S. The molecule has 0 aromatic rings. The number of piperidine rings is 1. The Hall–Kier alpha value is -0.130. The van der Waals surface area contributed by atoms with Crippen LogP contribution in [0.25, 0.3) is 0 Å². The van der Waals surface area contributed by atoms with E-state index in [0.29, 0.717) is 5.92 Å². The number of rotatable bonds is 3. The van der Waals surface area contributed by atoms with E-state index in [4.69, 9.17) is 0 Å². The topological polar surface area (TPSA) is 58.2 Å². The average molecular weight is 260 g/mol. The van der Waals surface area contributed by atoms with Crippen LogP contribution in [0.3, 0.4) is 0 Å². The summed E-state index contributed by atoms with van der Waals surface area (Å²) in [6.07, 6.45) is 6.05. The second-order valence-corrected chi connectivity index (χ2v) is 7.47. The number of hydrogen-bond acceptors (Lipinski definition) is 3. The normalized spacial score (nSPS) is 32.5. The van der Waals surface area contributed by atoms with Gasteiger partial charge in [0, 0.05) is 6.04 Å². The molecule has 2 N–H and O–H groups in total. The van der Waals surface area contributed by atoms with E-state index in [1.807, 2.05) is 0 Å². The lowest BCUT2D eigenvalue weighted by Crippen LogP contribution is -2.47. The Labute approximate surface area is 105 Å². The molecule has 2 rings (SSSR count). The molecule has 0 radical (unpaired) electrons. The van der Waals surface area contributed by atoms with Crippen molar-refractivity contribution < 1.29 is 8.42 Å². The van der Waals surface area contributed by atoms with E-state index in [-0.39, 0.29) is 11.3 Å². The second kappa shape index (κ2) is 5.67. The van der Waals surface area contributed by atoms with E-state index in [9.17, 15) is 8.42 Å². The molecule has 2 aliphatic rings. The Morgan fingerprint density at radius 3 is 2.35 bits per heavy atom. The van der Waals surface area contributed by atoms with Crippen LogP contribution in [0.1, 0.15) is 45.4 Å². The van der Waals surface area contributed by atoms with Gasteiger partial charge in [0.2, 0.25) is 10.0 Å². The molecule has 2 atom stereocenters. The summed E-state index contributed by atoms with van der Waals surface area (Å²) >= 11 is 0. The monoisotopic (exact) mass is 260 g/mol. The zero-order valence-corrected chi connectivity index (χ0v) is 11.4. The van der Waals surface area contributed by atoms with Gasteiger partial charge in [0.15, 0.2) is 0 Å². The highest BCUT2D eigenvalue weighted by Gasteiger charge is 2.31. The Kier molecular flexibility index (Phi) is 4.44. The van der Waals surface area contributed by atoms with Crippen molar-refractivity contribution in [2.75, 3.05) is 13.1 Å². The molecule has 1 heterocycles. The van der Waals surface area contributed by atoms with Gasteiger partial charge in [-0.15, -0.1) is 0 Å². The van der Waals surface area contributed by atoms with Crippen molar-refractivity contribution in [3.05, 3.63) is 0 Å². The summed E-state index contributed by atoms with van der Waals surface area (Å²) in [6, 6.07) is 0.170. The number of nitrogens with one attached hydrogen (secondary N) is 2. The molecule has 1 saturated heterocycles. The van der Waals surface area contributed by atoms with Gasteiger partial charge in [-0.1, -0.05) is 19.8 Å². The molecule has 0 spiro atoms. The minimum Gasteiger partial charge on any atom is -0.317 e. The molecule has 0 amide bonds. The van der Waals surface area contributed by atoms with Gasteiger partial charge in [-0.3, -0.25) is 0 Å². The summed E-state index contributed by atoms with van der Waals surface area (Å²) in [5, 5.41) is 3.02. The molecule has 2 fully saturated rings. The van der Waals surface area contributed by atoms with E-state index in [2.05, 4.69) is 17.0 Å². The fraction of sp³-hybridized carbons (Fsp3) is 1.00. The molecule has 0 aromatic heterocycles. The van der Waals surface area contributed by atoms with Crippen LogP contribution in [-0.2, 0) is 10.0 Å². The quantitative estimate of drug-likeness (QED) is 0.802. The van der Waals surface area contributed by atoms with E-state index in [1.54, 1.807) is 0 Å². The van der Waals surface area contributed by atoms with Gasteiger partial charge in [-0.2, -0.15) is 0 Å². The zero-order chi connectivity index (χ0) is 12.3. The van der Waals surface area contributed by atoms with E-state index >= 15 is 0 Å². The Balaban J connectivity index is 1.95. The third-order valence-corrected chi connectivity index (χ3v) is 6.13. The molecule has 1 aliphatic carbocycles. The first-order valence-electron chi connectivity index (χ1n) is 6.81. The Bertz CT molecular complexity index is 336. The van der Waals surface area contributed by atoms with Crippen molar-refractivity contribution in [1.29, 1.82) is 0 Å². The van der Waals surface area contributed by atoms with Crippen LogP contribution >= 0.6 is 0 Å². The van der Waals surface area contributed by atoms with Crippen molar-refractivity contribution in [3.63, 3.8) is 0 Å². The van der Waals surface area contributed by atoms with Gasteiger partial charge in [-0.25, -0.2) is 13.1 Å². The lowest BCUT2D eigenvalue weighted by molar-refractivity contribution is 0.308. The maximum Gasteiger partial charge on any atom is 0.214 e. The highest BCUT2D eigenvalue weighted by atomic mass is 32.2. The van der Waals surface area contributed by atoms with E-state index in [1.165, 1.54) is 6.42 Å². The number of sulfonamides is 1. The summed E-state index contributed by atoms with van der Waals surface area (Å²) in [4.78, 5) is 0. The van der Waals surface area contributed by atoms with E-state index in [0.717, 1.165) is 45.2 Å². The highest BCUT2D eigenvalue weighted by Crippen LogP contribution is 2.25. The van der Waals surface area contributed by atoms with Crippen LogP contribution in [0.5, 0.6) is 0 Å². The highest BCUT2D eigenvalue weighted by molar-refractivity contribution is 7.90. The zero-order valence-electron chi connectivity index (χ0n) is 10.6. The van der Waals surface area contributed by atoms with E-state index < -0.39 is 10.0 Å². The van der Waals surface area contributed by atoms with Crippen molar-refractivity contribution in [2.24, 2.45) is 5.92 Å². The van der Waals surface area contributed by atoms with Gasteiger partial charge in [0.1, 0.15) is 0 Å². The molecule has 2 unspecified atom stereocenters. The molecule has 100 valence electrons. The van der Waals surface area contributed by atoms with Crippen molar-refractivity contribution >= 4 is 10.0 Å². The molecule has 17 heavy (non-hydrogen) atoms. The predicted molar refractivity (Wildman–Crippen MR) is 69.4 cm³/mol. The standard InChI is InChI=1S/C12H24N2O2S/c1-10-4-2-3-5-12(10)14-17(15,16)11-6-8-13-9-7-11/h10-14H,2-9H2,1H3. The Morgan fingerprint density at radius 1 is 1.06 bits per heavy atom. The minimum atomic E-state index is -3.11. The summed E-state index contributed by atoms with van der Waals surface area (Å²) < 4.78 is 27.5. The first-order valence-corrected chi connectivity index (χ1v) is 8.36. The lowest BCUT2D eigenvalue weighted by Gasteiger charge is -2.32. The molecule has 1 saturated carbocycles. The molecule has 4 nitrogen and oxygen atoms in total. The van der Waals surface area contributed by atoms with Crippen LogP contribution in [-0.4, -0.2) is 32.8 Å². The van der Waals surface area contributed by atoms with Crippen LogP contribution in [0, 0.1) is 5.92 Å². The molecule has 5 heteroatoms. The maximum absolute atomic E-state index is 12.3. The summed E-state index contributed by atoms with van der Waals surface area (Å²) in [6.45, 7) is 3.81. The van der Waals surface area contributed by atoms with Gasteiger partial charge in [0.25, 0.3) is 0 Å². The van der Waals surface area contributed by atoms with Crippen molar-refractivity contribution in [2.45, 2.75) is 56.7 Å². The second-order valence-electron chi connectivity index (χ2n) is 5.48. The smallest absolute Gasteiger partial charge is 0.214 e. The number of hydrogen-bond donors (Lipinski definition) is 2. The third kappa shape index (κ3) is 3.42. The van der Waals surface area contributed by atoms with Crippen molar-refractivity contribution in [1.82, 2.24) is 10.0 Å². The van der Waals surface area contributed by atoms with Gasteiger partial charge in [-0.05, 0) is 44.7 Å². The largest absolute Gasteiger partial charge is 0.317 e. The van der Waals surface area contributed by atoms with Crippen LogP contribution in [0.4, 0.5) is 0 Å². The van der Waals surface area contributed by atoms with Gasteiger partial charge >= 0.3 is 0 Å². The summed E-state index contributed by atoms with van der Waals surface area (Å²) in [5.74, 6) is 0.486. The fourth-order valence-corrected chi connectivity index (χ4v) is 4.73. The maximum atomic E-state index is 12.3. The molecule has 0 bridgehead atoms. The summed E-state index contributed by atoms with van der Waals surface area (Å²) in [5.41, 5.74) is 0. The summed E-state index contributed by atoms with van der Waals surface area (Å²) in [7, 11) is -3.11. The van der Waals surface area contributed by atoms with Crippen LogP contribution < -0.4 is 10.0 Å². The van der Waals surface area contributed by atoms with Crippen LogP contribution in [0.2, 0.25) is 0 Å². The third-order valence-electron chi connectivity index (χ3n) is 4.15. The van der Waals surface area contributed by atoms with Gasteiger partial charge < -0.3 is 5.32 Å². The molecular weight excluding hydrogens is 236 g/mol. The average Bonchev–Trinajstić information content (AvgIpc) is 2.33. The van der Waals surface area contributed by atoms with Gasteiger partial charge in [0.05, 0.1) is 5.25 Å². The fourth-order valence-electron chi connectivity index (χ4n) is 2.90. The minimum absolute atomic E-state index is 0.170. The lowest BCUT2D eigenvalue weighted by atomic mass is 9.87. The predicted octanol–water partition coefficient (Wildman–Crippen LogP) is 1.24. The van der Waals surface area contributed by atoms with Crippen molar-refractivity contribution in [3.8, 4) is 0 Å².